The highest BCUT2D eigenvalue weighted by Gasteiger charge is 2.30. The number of rotatable bonds is 2. The van der Waals surface area contributed by atoms with Crippen molar-refractivity contribution in [3.05, 3.63) is 46.8 Å². The standard InChI is InChI=1S/C17H19N3/c1-11-2-4-13(5-3-11)17-19-15-8-9-18-10-14(15)16(20-17)12-6-7-12/h2-5,12,18H,6-10H2,1H3. The third kappa shape index (κ3) is 2.12. The first-order chi connectivity index (χ1) is 9.81. The van der Waals surface area contributed by atoms with E-state index in [1.54, 1.807) is 0 Å². The maximum absolute atomic E-state index is 4.90. The van der Waals surface area contributed by atoms with E-state index in [1.807, 2.05) is 0 Å². The summed E-state index contributed by atoms with van der Waals surface area (Å²) >= 11 is 0. The topological polar surface area (TPSA) is 37.8 Å². The van der Waals surface area contributed by atoms with E-state index in [1.165, 1.54) is 35.4 Å². The van der Waals surface area contributed by atoms with Crippen LogP contribution in [0.3, 0.4) is 0 Å². The van der Waals surface area contributed by atoms with Crippen LogP contribution in [0.1, 0.15) is 41.3 Å². The molecule has 102 valence electrons. The molecule has 0 radical (unpaired) electrons. The Kier molecular flexibility index (Phi) is 2.81. The van der Waals surface area contributed by atoms with Crippen LogP contribution in [-0.2, 0) is 13.0 Å². The van der Waals surface area contributed by atoms with Crippen LogP contribution in [0.4, 0.5) is 0 Å². The van der Waals surface area contributed by atoms with Crippen LogP contribution in [0.15, 0.2) is 24.3 Å². The fourth-order valence-corrected chi connectivity index (χ4v) is 2.90. The number of nitrogens with one attached hydrogen (secondary N) is 1. The monoisotopic (exact) mass is 265 g/mol. The second kappa shape index (κ2) is 4.67. The summed E-state index contributed by atoms with van der Waals surface area (Å²) in [4.78, 5) is 9.73. The number of hydrogen-bond donors (Lipinski definition) is 1. The van der Waals surface area contributed by atoms with Crippen LogP contribution in [0.25, 0.3) is 11.4 Å². The maximum Gasteiger partial charge on any atom is 0.159 e. The Morgan fingerprint density at radius 2 is 1.90 bits per heavy atom. The molecule has 0 bridgehead atoms. The quantitative estimate of drug-likeness (QED) is 0.907. The Morgan fingerprint density at radius 3 is 2.65 bits per heavy atom. The van der Waals surface area contributed by atoms with Crippen LogP contribution in [0.5, 0.6) is 0 Å². The molecule has 0 spiro atoms. The molecular weight excluding hydrogens is 246 g/mol. The molecule has 1 aliphatic heterocycles. The summed E-state index contributed by atoms with van der Waals surface area (Å²) in [7, 11) is 0. The van der Waals surface area contributed by atoms with Gasteiger partial charge in [0.1, 0.15) is 0 Å². The first-order valence-corrected chi connectivity index (χ1v) is 7.49. The number of hydrogen-bond acceptors (Lipinski definition) is 3. The lowest BCUT2D eigenvalue weighted by Crippen LogP contribution is -2.26. The Bertz CT molecular complexity index is 642. The molecule has 2 aliphatic rings. The van der Waals surface area contributed by atoms with E-state index in [0.717, 1.165) is 30.9 Å². The Balaban J connectivity index is 1.83. The second-order valence-electron chi connectivity index (χ2n) is 5.92. The summed E-state index contributed by atoms with van der Waals surface area (Å²) in [5, 5.41) is 3.45. The third-order valence-corrected chi connectivity index (χ3v) is 4.24. The predicted octanol–water partition coefficient (Wildman–Crippen LogP) is 2.98. The zero-order chi connectivity index (χ0) is 13.5. The van der Waals surface area contributed by atoms with Gasteiger partial charge < -0.3 is 5.32 Å². The molecule has 1 saturated carbocycles. The number of benzene rings is 1. The zero-order valence-corrected chi connectivity index (χ0v) is 11.8. The van der Waals surface area contributed by atoms with Gasteiger partial charge in [0, 0.05) is 36.6 Å². The van der Waals surface area contributed by atoms with E-state index in [4.69, 9.17) is 9.97 Å². The minimum atomic E-state index is 0.677. The number of aryl methyl sites for hydroxylation is 1. The van der Waals surface area contributed by atoms with Crippen molar-refractivity contribution in [2.24, 2.45) is 0 Å². The van der Waals surface area contributed by atoms with Crippen molar-refractivity contribution < 1.29 is 0 Å². The van der Waals surface area contributed by atoms with Gasteiger partial charge in [-0.25, -0.2) is 9.97 Å². The molecule has 20 heavy (non-hydrogen) atoms. The third-order valence-electron chi connectivity index (χ3n) is 4.24. The smallest absolute Gasteiger partial charge is 0.159 e. The molecule has 3 nitrogen and oxygen atoms in total. The van der Waals surface area contributed by atoms with Crippen molar-refractivity contribution in [1.82, 2.24) is 15.3 Å². The normalized spacial score (nSPS) is 17.9. The van der Waals surface area contributed by atoms with E-state index in [-0.39, 0.29) is 0 Å². The molecule has 2 aromatic rings. The number of fused-ring (bicyclic) bond motifs is 1. The lowest BCUT2D eigenvalue weighted by molar-refractivity contribution is 0.617. The van der Waals surface area contributed by atoms with Gasteiger partial charge >= 0.3 is 0 Å². The lowest BCUT2D eigenvalue weighted by atomic mass is 10.0. The largest absolute Gasteiger partial charge is 0.312 e. The summed E-state index contributed by atoms with van der Waals surface area (Å²) in [5.74, 6) is 1.59. The Morgan fingerprint density at radius 1 is 1.10 bits per heavy atom. The lowest BCUT2D eigenvalue weighted by Gasteiger charge is -2.20. The Labute approximate surface area is 119 Å². The highest BCUT2D eigenvalue weighted by atomic mass is 15.0. The van der Waals surface area contributed by atoms with Gasteiger partial charge in [0.15, 0.2) is 5.82 Å². The minimum Gasteiger partial charge on any atom is -0.312 e. The highest BCUT2D eigenvalue weighted by Crippen LogP contribution is 2.42. The molecule has 2 heterocycles. The highest BCUT2D eigenvalue weighted by molar-refractivity contribution is 5.57. The molecule has 1 aromatic carbocycles. The number of nitrogens with zero attached hydrogens (tertiary/aromatic N) is 2. The van der Waals surface area contributed by atoms with Crippen molar-refractivity contribution in [1.29, 1.82) is 0 Å². The van der Waals surface area contributed by atoms with Gasteiger partial charge in [-0.2, -0.15) is 0 Å². The van der Waals surface area contributed by atoms with Gasteiger partial charge in [-0.1, -0.05) is 29.8 Å². The van der Waals surface area contributed by atoms with E-state index >= 15 is 0 Å². The van der Waals surface area contributed by atoms with Gasteiger partial charge in [0.2, 0.25) is 0 Å². The fourth-order valence-electron chi connectivity index (χ4n) is 2.90. The van der Waals surface area contributed by atoms with Crippen molar-refractivity contribution in [3.63, 3.8) is 0 Å². The molecule has 0 unspecified atom stereocenters. The summed E-state index contributed by atoms with van der Waals surface area (Å²) in [6.07, 6.45) is 3.60. The molecule has 0 amide bonds. The van der Waals surface area contributed by atoms with Gasteiger partial charge in [-0.15, -0.1) is 0 Å². The number of aromatic nitrogens is 2. The van der Waals surface area contributed by atoms with E-state index < -0.39 is 0 Å². The van der Waals surface area contributed by atoms with Crippen LogP contribution >= 0.6 is 0 Å². The summed E-state index contributed by atoms with van der Waals surface area (Å²) in [6.45, 7) is 4.08. The molecule has 0 atom stereocenters. The van der Waals surface area contributed by atoms with E-state index in [0.29, 0.717) is 5.92 Å². The van der Waals surface area contributed by atoms with Crippen LogP contribution < -0.4 is 5.32 Å². The molecule has 1 aliphatic carbocycles. The van der Waals surface area contributed by atoms with Crippen molar-refractivity contribution >= 4 is 0 Å². The van der Waals surface area contributed by atoms with Gasteiger partial charge in [-0.3, -0.25) is 0 Å². The fraction of sp³-hybridized carbons (Fsp3) is 0.412. The van der Waals surface area contributed by atoms with E-state index in [2.05, 4.69) is 36.5 Å². The van der Waals surface area contributed by atoms with Crippen molar-refractivity contribution in [3.8, 4) is 11.4 Å². The van der Waals surface area contributed by atoms with Crippen LogP contribution in [0.2, 0.25) is 0 Å². The molecule has 0 saturated heterocycles. The van der Waals surface area contributed by atoms with Crippen LogP contribution in [0, 0.1) is 6.92 Å². The first kappa shape index (κ1) is 12.0. The summed E-state index contributed by atoms with van der Waals surface area (Å²) < 4.78 is 0. The van der Waals surface area contributed by atoms with Gasteiger partial charge in [-0.05, 0) is 19.8 Å². The predicted molar refractivity (Wildman–Crippen MR) is 79.6 cm³/mol. The average Bonchev–Trinajstić information content (AvgIpc) is 3.31. The van der Waals surface area contributed by atoms with Gasteiger partial charge in [0.25, 0.3) is 0 Å². The summed E-state index contributed by atoms with van der Waals surface area (Å²) in [5.41, 5.74) is 6.35. The van der Waals surface area contributed by atoms with Crippen LogP contribution in [-0.4, -0.2) is 16.5 Å². The first-order valence-electron chi connectivity index (χ1n) is 7.49. The molecule has 1 N–H and O–H groups in total. The van der Waals surface area contributed by atoms with Crippen molar-refractivity contribution in [2.45, 2.75) is 38.6 Å². The summed E-state index contributed by atoms with van der Waals surface area (Å²) in [6, 6.07) is 8.54. The van der Waals surface area contributed by atoms with Crippen molar-refractivity contribution in [2.75, 3.05) is 6.54 Å². The molecule has 1 fully saturated rings. The SMILES string of the molecule is Cc1ccc(-c2nc3c(c(C4CC4)n2)CNCC3)cc1. The molecule has 1 aromatic heterocycles. The maximum atomic E-state index is 4.90. The Hall–Kier alpha value is -1.74. The zero-order valence-electron chi connectivity index (χ0n) is 11.8. The van der Waals surface area contributed by atoms with Gasteiger partial charge in [0.05, 0.1) is 11.4 Å². The average molecular weight is 265 g/mol. The second-order valence-corrected chi connectivity index (χ2v) is 5.92. The van der Waals surface area contributed by atoms with E-state index in [9.17, 15) is 0 Å². The molecule has 4 rings (SSSR count). The minimum absolute atomic E-state index is 0.677. The molecule has 3 heteroatoms. The molecular formula is C17H19N3.